The summed E-state index contributed by atoms with van der Waals surface area (Å²) in [5, 5.41) is 10.0. The summed E-state index contributed by atoms with van der Waals surface area (Å²) in [5.74, 6) is -0.676. The topological polar surface area (TPSA) is 37.3 Å². The van der Waals surface area contributed by atoms with Gasteiger partial charge in [-0.15, -0.1) is 0 Å². The van der Waals surface area contributed by atoms with Crippen LogP contribution in [0.15, 0.2) is 0 Å². The first-order chi connectivity index (χ1) is 7.50. The Morgan fingerprint density at radius 2 is 1.44 bits per heavy atom. The van der Waals surface area contributed by atoms with Crippen LogP contribution in [0.1, 0.15) is 65.2 Å². The average Bonchev–Trinajstić information content (AvgIpc) is 2.21. The van der Waals surface area contributed by atoms with Gasteiger partial charge in [0.25, 0.3) is 0 Å². The van der Waals surface area contributed by atoms with Gasteiger partial charge in [-0.2, -0.15) is 0 Å². The van der Waals surface area contributed by atoms with E-state index in [0.29, 0.717) is 0 Å². The highest BCUT2D eigenvalue weighted by Gasteiger charge is 2.25. The zero-order valence-corrected chi connectivity index (χ0v) is 12.2. The molecule has 0 bridgehead atoms. The Morgan fingerprint density at radius 1 is 1.00 bits per heavy atom. The number of hydrogen-bond acceptors (Lipinski definition) is 1. The highest BCUT2D eigenvalue weighted by molar-refractivity contribution is 9.09. The van der Waals surface area contributed by atoms with Gasteiger partial charge in [0.1, 0.15) is 0 Å². The first-order valence-electron chi connectivity index (χ1n) is 6.30. The number of hydrogen-bond donors (Lipinski definition) is 1. The summed E-state index contributed by atoms with van der Waals surface area (Å²) in [6.45, 7) is 3.62. The largest absolute Gasteiger partial charge is 0.481 e. The van der Waals surface area contributed by atoms with Crippen LogP contribution in [-0.4, -0.2) is 16.4 Å². The fourth-order valence-electron chi connectivity index (χ4n) is 1.65. The van der Waals surface area contributed by atoms with Crippen molar-refractivity contribution in [1.29, 1.82) is 0 Å². The molecule has 0 saturated carbocycles. The number of carboxylic acid groups (broad SMARTS) is 1. The van der Waals surface area contributed by atoms with Crippen molar-refractivity contribution in [2.45, 2.75) is 65.2 Å². The fourth-order valence-corrected chi connectivity index (χ4v) is 2.05. The van der Waals surface area contributed by atoms with E-state index < -0.39 is 11.4 Å². The van der Waals surface area contributed by atoms with E-state index in [9.17, 15) is 4.79 Å². The highest BCUT2D eigenvalue weighted by atomic mass is 79.9. The molecule has 0 atom stereocenters. The molecule has 0 aromatic heterocycles. The molecule has 1 N–H and O–H groups in total. The summed E-state index contributed by atoms with van der Waals surface area (Å²) in [4.78, 5) is 10.9. The lowest BCUT2D eigenvalue weighted by molar-refractivity contribution is -0.147. The maximum Gasteiger partial charge on any atom is 0.309 e. The van der Waals surface area contributed by atoms with Gasteiger partial charge in [0.05, 0.1) is 5.41 Å². The van der Waals surface area contributed by atoms with Crippen molar-refractivity contribution in [3.63, 3.8) is 0 Å². The molecule has 0 aliphatic heterocycles. The number of rotatable bonds is 10. The van der Waals surface area contributed by atoms with E-state index >= 15 is 0 Å². The molecule has 0 heterocycles. The molecular weight excluding hydrogens is 268 g/mol. The third-order valence-corrected chi connectivity index (χ3v) is 3.58. The molecule has 96 valence electrons. The molecule has 0 aliphatic rings. The van der Waals surface area contributed by atoms with Crippen molar-refractivity contribution in [3.8, 4) is 0 Å². The van der Waals surface area contributed by atoms with Crippen molar-refractivity contribution in [2.75, 3.05) is 5.33 Å². The predicted octanol–water partition coefficient (Wildman–Crippen LogP) is 4.61. The molecule has 0 aromatic carbocycles. The summed E-state index contributed by atoms with van der Waals surface area (Å²) in [6.07, 6.45) is 9.44. The van der Waals surface area contributed by atoms with Crippen LogP contribution in [0.3, 0.4) is 0 Å². The molecule has 0 spiro atoms. The van der Waals surface area contributed by atoms with Gasteiger partial charge < -0.3 is 5.11 Å². The number of alkyl halides is 1. The number of carbonyl (C=O) groups is 1. The minimum absolute atomic E-state index is 0.546. The van der Waals surface area contributed by atoms with Crippen LogP contribution in [0.5, 0.6) is 0 Å². The van der Waals surface area contributed by atoms with Gasteiger partial charge in [0.15, 0.2) is 0 Å². The Hall–Kier alpha value is -0.0500. The van der Waals surface area contributed by atoms with Crippen molar-refractivity contribution < 1.29 is 9.90 Å². The minimum Gasteiger partial charge on any atom is -0.481 e. The molecule has 16 heavy (non-hydrogen) atoms. The van der Waals surface area contributed by atoms with Crippen LogP contribution in [-0.2, 0) is 4.79 Å². The van der Waals surface area contributed by atoms with Gasteiger partial charge in [-0.05, 0) is 26.7 Å². The molecule has 0 amide bonds. The second-order valence-electron chi connectivity index (χ2n) is 5.10. The van der Waals surface area contributed by atoms with E-state index in [2.05, 4.69) is 15.9 Å². The van der Waals surface area contributed by atoms with Crippen molar-refractivity contribution in [3.05, 3.63) is 0 Å². The van der Waals surface area contributed by atoms with Crippen molar-refractivity contribution in [2.24, 2.45) is 5.41 Å². The third-order valence-electron chi connectivity index (χ3n) is 3.01. The monoisotopic (exact) mass is 292 g/mol. The summed E-state index contributed by atoms with van der Waals surface area (Å²) in [5.41, 5.74) is -0.546. The fraction of sp³-hybridized carbons (Fsp3) is 0.923. The van der Waals surface area contributed by atoms with Gasteiger partial charge in [0, 0.05) is 5.33 Å². The SMILES string of the molecule is CC(C)(CCCCCCCCCBr)C(=O)O. The van der Waals surface area contributed by atoms with E-state index in [0.717, 1.165) is 18.2 Å². The smallest absolute Gasteiger partial charge is 0.309 e. The number of halogens is 1. The van der Waals surface area contributed by atoms with Crippen LogP contribution >= 0.6 is 15.9 Å². The van der Waals surface area contributed by atoms with Crippen LogP contribution in [0.4, 0.5) is 0 Å². The Labute approximate surface area is 108 Å². The quantitative estimate of drug-likeness (QED) is 0.471. The maximum atomic E-state index is 10.9. The van der Waals surface area contributed by atoms with Crippen molar-refractivity contribution >= 4 is 21.9 Å². The summed E-state index contributed by atoms with van der Waals surface area (Å²) in [6, 6.07) is 0. The van der Waals surface area contributed by atoms with Gasteiger partial charge in [-0.25, -0.2) is 0 Å². The van der Waals surface area contributed by atoms with Crippen LogP contribution < -0.4 is 0 Å². The molecule has 0 fully saturated rings. The lowest BCUT2D eigenvalue weighted by Crippen LogP contribution is -2.23. The second-order valence-corrected chi connectivity index (χ2v) is 5.90. The van der Waals surface area contributed by atoms with Gasteiger partial charge >= 0.3 is 5.97 Å². The maximum absolute atomic E-state index is 10.9. The zero-order chi connectivity index (χ0) is 12.4. The molecule has 0 radical (unpaired) electrons. The Bertz CT molecular complexity index is 190. The average molecular weight is 293 g/mol. The molecule has 0 rings (SSSR count). The van der Waals surface area contributed by atoms with E-state index in [4.69, 9.17) is 5.11 Å². The zero-order valence-electron chi connectivity index (χ0n) is 10.6. The van der Waals surface area contributed by atoms with Gasteiger partial charge in [0.2, 0.25) is 0 Å². The molecule has 0 aromatic rings. The molecule has 0 aliphatic carbocycles. The van der Waals surface area contributed by atoms with Crippen molar-refractivity contribution in [1.82, 2.24) is 0 Å². The number of aliphatic carboxylic acids is 1. The van der Waals surface area contributed by atoms with E-state index in [1.165, 1.54) is 38.5 Å². The lowest BCUT2D eigenvalue weighted by Gasteiger charge is -2.18. The molecule has 0 saturated heterocycles. The first-order valence-corrected chi connectivity index (χ1v) is 7.42. The van der Waals surface area contributed by atoms with Crippen LogP contribution in [0.25, 0.3) is 0 Å². The summed E-state index contributed by atoms with van der Waals surface area (Å²) in [7, 11) is 0. The third kappa shape index (κ3) is 8.14. The van der Waals surface area contributed by atoms with Crippen LogP contribution in [0.2, 0.25) is 0 Å². The Balaban J connectivity index is 3.30. The highest BCUT2D eigenvalue weighted by Crippen LogP contribution is 2.24. The van der Waals surface area contributed by atoms with E-state index in [1.807, 2.05) is 13.8 Å². The van der Waals surface area contributed by atoms with Gasteiger partial charge in [-0.3, -0.25) is 4.79 Å². The van der Waals surface area contributed by atoms with Gasteiger partial charge in [-0.1, -0.05) is 54.5 Å². The lowest BCUT2D eigenvalue weighted by atomic mass is 9.87. The number of carboxylic acids is 1. The summed E-state index contributed by atoms with van der Waals surface area (Å²) >= 11 is 3.42. The normalized spacial score (nSPS) is 11.7. The predicted molar refractivity (Wildman–Crippen MR) is 72.1 cm³/mol. The van der Waals surface area contributed by atoms with Crippen LogP contribution in [0, 0.1) is 5.41 Å². The minimum atomic E-state index is -0.676. The summed E-state index contributed by atoms with van der Waals surface area (Å²) < 4.78 is 0. The standard InChI is InChI=1S/C13H25BrO2/c1-13(2,12(15)16)10-8-6-4-3-5-7-9-11-14/h3-11H2,1-2H3,(H,15,16). The Morgan fingerprint density at radius 3 is 1.88 bits per heavy atom. The molecule has 2 nitrogen and oxygen atoms in total. The second kappa shape index (κ2) is 9.03. The van der Waals surface area contributed by atoms with E-state index in [1.54, 1.807) is 0 Å². The number of unbranched alkanes of at least 4 members (excludes halogenated alkanes) is 6. The first kappa shape index (κ1) is 16.0. The van der Waals surface area contributed by atoms with E-state index in [-0.39, 0.29) is 0 Å². The molecular formula is C13H25BrO2. The molecule has 0 unspecified atom stereocenters. The Kier molecular flexibility index (Phi) is 9.00. The molecule has 3 heteroatoms.